The van der Waals surface area contributed by atoms with Gasteiger partial charge in [0.05, 0.1) is 0 Å². The van der Waals surface area contributed by atoms with E-state index in [1.54, 1.807) is 25.2 Å². The summed E-state index contributed by atoms with van der Waals surface area (Å²) >= 11 is 0. The number of carbonyl (C=O) groups is 3. The molecular formula is C11H15NO3. The third-order valence-electron chi connectivity index (χ3n) is 2.31. The molecule has 0 bridgehead atoms. The van der Waals surface area contributed by atoms with Gasteiger partial charge in [0, 0.05) is 33.1 Å². The Hall–Kier alpha value is -1.45. The van der Waals surface area contributed by atoms with Crippen LogP contribution in [0.25, 0.3) is 0 Å². The molecule has 0 saturated heterocycles. The van der Waals surface area contributed by atoms with Crippen molar-refractivity contribution in [2.75, 3.05) is 14.1 Å². The van der Waals surface area contributed by atoms with E-state index in [1.807, 2.05) is 0 Å². The molecule has 0 radical (unpaired) electrons. The minimum absolute atomic E-state index is 0.236. The van der Waals surface area contributed by atoms with Gasteiger partial charge in [-0.25, -0.2) is 0 Å². The first-order chi connectivity index (χ1) is 7.02. The summed E-state index contributed by atoms with van der Waals surface area (Å²) in [5, 5.41) is 0. The van der Waals surface area contributed by atoms with E-state index in [1.165, 1.54) is 6.08 Å². The number of hydrogen-bond acceptors (Lipinski definition) is 4. The Morgan fingerprint density at radius 1 is 1.27 bits per heavy atom. The fraction of sp³-hybridized carbons (Fsp3) is 0.545. The van der Waals surface area contributed by atoms with Crippen LogP contribution in [0, 0.1) is 5.92 Å². The zero-order chi connectivity index (χ0) is 11.4. The third-order valence-corrected chi connectivity index (χ3v) is 2.31. The molecule has 1 aliphatic carbocycles. The Bertz CT molecular complexity index is 302. The fourth-order valence-corrected chi connectivity index (χ4v) is 1.54. The quantitative estimate of drug-likeness (QED) is 0.503. The number of hydrogen-bond donors (Lipinski definition) is 0. The Morgan fingerprint density at radius 3 is 2.27 bits per heavy atom. The number of nitrogens with zero attached hydrogens (tertiary/aromatic N) is 1. The average Bonchev–Trinajstić information content (AvgIpc) is 2.14. The highest BCUT2D eigenvalue weighted by atomic mass is 16.2. The van der Waals surface area contributed by atoms with Crippen molar-refractivity contribution in [1.82, 2.24) is 4.90 Å². The molecule has 0 heterocycles. The van der Waals surface area contributed by atoms with Gasteiger partial charge < -0.3 is 4.90 Å². The average molecular weight is 209 g/mol. The molecule has 0 N–H and O–H groups in total. The second-order valence-electron chi connectivity index (χ2n) is 3.90. The number of ketones is 3. The van der Waals surface area contributed by atoms with Gasteiger partial charge in [0.1, 0.15) is 5.92 Å². The highest BCUT2D eigenvalue weighted by molar-refractivity contribution is 6.23. The maximum atomic E-state index is 11.6. The minimum atomic E-state index is -1.03. The van der Waals surface area contributed by atoms with E-state index in [4.69, 9.17) is 0 Å². The van der Waals surface area contributed by atoms with Gasteiger partial charge in [-0.1, -0.05) is 0 Å². The molecule has 1 aliphatic rings. The largest absolute Gasteiger partial charge is 0.383 e. The number of allylic oxidation sites excluding steroid dienone is 1. The van der Waals surface area contributed by atoms with Crippen molar-refractivity contribution < 1.29 is 14.4 Å². The van der Waals surface area contributed by atoms with Crippen molar-refractivity contribution in [1.29, 1.82) is 0 Å². The number of Topliss-reactive ketones (excluding diaryl/α,β-unsaturated/α-hetero) is 2. The third kappa shape index (κ3) is 3.01. The monoisotopic (exact) mass is 209 g/mol. The summed E-state index contributed by atoms with van der Waals surface area (Å²) < 4.78 is 0. The lowest BCUT2D eigenvalue weighted by Crippen LogP contribution is -2.34. The second-order valence-corrected chi connectivity index (χ2v) is 3.90. The Labute approximate surface area is 88.9 Å². The van der Waals surface area contributed by atoms with Crippen molar-refractivity contribution in [3.05, 3.63) is 12.3 Å². The van der Waals surface area contributed by atoms with Crippen LogP contribution >= 0.6 is 0 Å². The minimum Gasteiger partial charge on any atom is -0.383 e. The molecule has 1 rings (SSSR count). The van der Waals surface area contributed by atoms with Gasteiger partial charge in [0.25, 0.3) is 0 Å². The van der Waals surface area contributed by atoms with Crippen LogP contribution in [0.4, 0.5) is 0 Å². The van der Waals surface area contributed by atoms with E-state index in [0.717, 1.165) is 0 Å². The first-order valence-corrected chi connectivity index (χ1v) is 4.96. The molecule has 0 amide bonds. The predicted molar refractivity (Wildman–Crippen MR) is 55.2 cm³/mol. The van der Waals surface area contributed by atoms with Gasteiger partial charge in [-0.3, -0.25) is 14.4 Å². The van der Waals surface area contributed by atoms with E-state index in [9.17, 15) is 14.4 Å². The summed E-state index contributed by atoms with van der Waals surface area (Å²) in [6.07, 6.45) is 4.12. The molecule has 0 aliphatic heterocycles. The molecule has 0 aromatic rings. The van der Waals surface area contributed by atoms with E-state index < -0.39 is 11.7 Å². The lowest BCUT2D eigenvalue weighted by atomic mass is 9.84. The molecule has 0 atom stereocenters. The van der Waals surface area contributed by atoms with Crippen LogP contribution < -0.4 is 0 Å². The molecule has 0 aromatic carbocycles. The lowest BCUT2D eigenvalue weighted by Gasteiger charge is -2.16. The standard InChI is InChI=1S/C11H15NO3/c1-12(2)7-6-10(15)11-8(13)4-3-5-9(11)14/h6-7,11H,3-5H2,1-2H3. The highest BCUT2D eigenvalue weighted by Gasteiger charge is 2.34. The Balaban J connectivity index is 2.72. The fourth-order valence-electron chi connectivity index (χ4n) is 1.54. The lowest BCUT2D eigenvalue weighted by molar-refractivity contribution is -0.140. The molecule has 0 unspecified atom stereocenters. The molecule has 1 fully saturated rings. The van der Waals surface area contributed by atoms with Crippen LogP contribution in [0.3, 0.4) is 0 Å². The van der Waals surface area contributed by atoms with Crippen LogP contribution in [0.2, 0.25) is 0 Å². The van der Waals surface area contributed by atoms with Crippen molar-refractivity contribution >= 4 is 17.3 Å². The summed E-state index contributed by atoms with van der Waals surface area (Å²) in [6.45, 7) is 0. The van der Waals surface area contributed by atoms with Crippen LogP contribution in [0.1, 0.15) is 19.3 Å². The van der Waals surface area contributed by atoms with Gasteiger partial charge in [0.15, 0.2) is 17.3 Å². The van der Waals surface area contributed by atoms with Crippen molar-refractivity contribution in [2.24, 2.45) is 5.92 Å². The van der Waals surface area contributed by atoms with Crippen molar-refractivity contribution in [2.45, 2.75) is 19.3 Å². The molecule has 4 heteroatoms. The second kappa shape index (κ2) is 4.87. The van der Waals surface area contributed by atoms with Gasteiger partial charge in [-0.15, -0.1) is 0 Å². The van der Waals surface area contributed by atoms with E-state index >= 15 is 0 Å². The van der Waals surface area contributed by atoms with Gasteiger partial charge >= 0.3 is 0 Å². The Kier molecular flexibility index (Phi) is 3.77. The summed E-state index contributed by atoms with van der Waals surface area (Å²) in [7, 11) is 3.54. The summed E-state index contributed by atoms with van der Waals surface area (Å²) in [4.78, 5) is 36.1. The number of rotatable bonds is 3. The Morgan fingerprint density at radius 2 is 1.80 bits per heavy atom. The number of carbonyl (C=O) groups excluding carboxylic acids is 3. The zero-order valence-electron chi connectivity index (χ0n) is 9.03. The predicted octanol–water partition coefficient (Wildman–Crippen LogP) is 0.569. The van der Waals surface area contributed by atoms with E-state index in [-0.39, 0.29) is 11.6 Å². The van der Waals surface area contributed by atoms with Crippen molar-refractivity contribution in [3.8, 4) is 0 Å². The zero-order valence-corrected chi connectivity index (χ0v) is 9.03. The van der Waals surface area contributed by atoms with E-state index in [2.05, 4.69) is 0 Å². The molecule has 15 heavy (non-hydrogen) atoms. The summed E-state index contributed by atoms with van der Waals surface area (Å²) in [6, 6.07) is 0. The van der Waals surface area contributed by atoms with Crippen LogP contribution in [-0.4, -0.2) is 36.3 Å². The summed E-state index contributed by atoms with van der Waals surface area (Å²) in [5.41, 5.74) is 0. The maximum Gasteiger partial charge on any atom is 0.175 e. The maximum absolute atomic E-state index is 11.6. The molecule has 4 nitrogen and oxygen atoms in total. The molecule has 0 aromatic heterocycles. The van der Waals surface area contributed by atoms with Gasteiger partial charge in [-0.05, 0) is 12.5 Å². The van der Waals surface area contributed by atoms with Crippen LogP contribution in [-0.2, 0) is 14.4 Å². The van der Waals surface area contributed by atoms with Gasteiger partial charge in [0.2, 0.25) is 0 Å². The first kappa shape index (κ1) is 11.6. The normalized spacial score (nSPS) is 18.5. The van der Waals surface area contributed by atoms with Crippen molar-refractivity contribution in [3.63, 3.8) is 0 Å². The smallest absolute Gasteiger partial charge is 0.175 e. The van der Waals surface area contributed by atoms with E-state index in [0.29, 0.717) is 19.3 Å². The van der Waals surface area contributed by atoms with Gasteiger partial charge in [-0.2, -0.15) is 0 Å². The summed E-state index contributed by atoms with van der Waals surface area (Å²) in [5.74, 6) is -1.90. The topological polar surface area (TPSA) is 54.5 Å². The SMILES string of the molecule is CN(C)C=CC(=O)C1C(=O)CCCC1=O. The van der Waals surface area contributed by atoms with Crippen LogP contribution in [0.15, 0.2) is 12.3 Å². The highest BCUT2D eigenvalue weighted by Crippen LogP contribution is 2.18. The van der Waals surface area contributed by atoms with Crippen LogP contribution in [0.5, 0.6) is 0 Å². The molecule has 82 valence electrons. The molecule has 1 saturated carbocycles. The first-order valence-electron chi connectivity index (χ1n) is 4.96. The molecular weight excluding hydrogens is 194 g/mol. The molecule has 0 spiro atoms.